The van der Waals surface area contributed by atoms with Crippen molar-refractivity contribution in [3.05, 3.63) is 0 Å². The Morgan fingerprint density at radius 2 is 1.45 bits per heavy atom. The maximum Gasteiger partial charge on any atom is 0.329 e. The van der Waals surface area contributed by atoms with Gasteiger partial charge in [0.15, 0.2) is 6.19 Å². The van der Waals surface area contributed by atoms with Gasteiger partial charge in [-0.05, 0) is 0 Å². The smallest absolute Gasteiger partial charge is 0.298 e. The van der Waals surface area contributed by atoms with Gasteiger partial charge in [-0.25, -0.2) is 0 Å². The molecule has 2 nitrogen and oxygen atoms in total. The molecule has 1 heterocycles. The Balaban J connectivity index is 2.82. The van der Waals surface area contributed by atoms with Crippen molar-refractivity contribution in [2.45, 2.75) is 11.8 Å². The van der Waals surface area contributed by atoms with Crippen molar-refractivity contribution in [3.8, 4) is 6.19 Å². The number of hydrogen-bond donors (Lipinski definition) is 0. The highest BCUT2D eigenvalue weighted by Gasteiger charge is 2.63. The predicted octanol–water partition coefficient (Wildman–Crippen LogP) is 1.05. The molecule has 6 heteroatoms. The van der Waals surface area contributed by atoms with Crippen LogP contribution in [-0.4, -0.2) is 29.8 Å². The number of alkyl halides is 4. The summed E-state index contributed by atoms with van der Waals surface area (Å²) < 4.78 is 48.9. The molecule has 0 radical (unpaired) electrons. The first-order valence-electron chi connectivity index (χ1n) is 2.79. The molecule has 0 amide bonds. The maximum absolute atomic E-state index is 12.2. The first-order chi connectivity index (χ1) is 4.89. The molecule has 1 aliphatic heterocycles. The van der Waals surface area contributed by atoms with Crippen molar-refractivity contribution >= 4 is 0 Å². The molecule has 0 spiro atoms. The molecule has 62 valence electrons. The van der Waals surface area contributed by atoms with E-state index in [0.717, 1.165) is 0 Å². The molecule has 0 unspecified atom stereocenters. The van der Waals surface area contributed by atoms with E-state index < -0.39 is 24.9 Å². The Kier molecular flexibility index (Phi) is 1.47. The van der Waals surface area contributed by atoms with Crippen molar-refractivity contribution in [1.82, 2.24) is 4.90 Å². The molecule has 1 saturated heterocycles. The number of halogens is 4. The number of likely N-dealkylation sites (tertiary alicyclic amines) is 1. The van der Waals surface area contributed by atoms with Gasteiger partial charge in [0.05, 0.1) is 13.1 Å². The Morgan fingerprint density at radius 3 is 1.64 bits per heavy atom. The minimum absolute atomic E-state index is 0.347. The lowest BCUT2D eigenvalue weighted by Crippen LogP contribution is -2.38. The molecule has 1 aliphatic rings. The average Bonchev–Trinajstić information content (AvgIpc) is 2.03. The molecule has 1 fully saturated rings. The molecule has 11 heavy (non-hydrogen) atoms. The van der Waals surface area contributed by atoms with Crippen LogP contribution in [0, 0.1) is 11.5 Å². The second-order valence-electron chi connectivity index (χ2n) is 2.36. The van der Waals surface area contributed by atoms with Crippen molar-refractivity contribution < 1.29 is 17.6 Å². The molecule has 0 saturated carbocycles. The lowest BCUT2D eigenvalue weighted by Gasteiger charge is -2.14. The summed E-state index contributed by atoms with van der Waals surface area (Å²) in [5.74, 6) is -8.13. The average molecular weight is 168 g/mol. The van der Waals surface area contributed by atoms with Crippen LogP contribution < -0.4 is 0 Å². The van der Waals surface area contributed by atoms with Crippen LogP contribution in [0.4, 0.5) is 17.6 Å². The van der Waals surface area contributed by atoms with Gasteiger partial charge >= 0.3 is 11.8 Å². The zero-order valence-corrected chi connectivity index (χ0v) is 5.32. The van der Waals surface area contributed by atoms with Crippen molar-refractivity contribution in [2.75, 3.05) is 13.1 Å². The van der Waals surface area contributed by atoms with Gasteiger partial charge in [-0.15, -0.1) is 0 Å². The van der Waals surface area contributed by atoms with E-state index in [9.17, 15) is 17.6 Å². The van der Waals surface area contributed by atoms with Crippen LogP contribution in [0.1, 0.15) is 0 Å². The van der Waals surface area contributed by atoms with Crippen LogP contribution in [0.3, 0.4) is 0 Å². The zero-order valence-electron chi connectivity index (χ0n) is 5.32. The lowest BCUT2D eigenvalue weighted by molar-refractivity contribution is -0.172. The van der Waals surface area contributed by atoms with E-state index in [4.69, 9.17) is 5.26 Å². The summed E-state index contributed by atoms with van der Waals surface area (Å²) in [6, 6.07) is 0. The predicted molar refractivity (Wildman–Crippen MR) is 27.1 cm³/mol. The van der Waals surface area contributed by atoms with E-state index in [1.165, 1.54) is 6.19 Å². The van der Waals surface area contributed by atoms with Crippen molar-refractivity contribution in [2.24, 2.45) is 0 Å². The van der Waals surface area contributed by atoms with E-state index in [-0.39, 0.29) is 0 Å². The summed E-state index contributed by atoms with van der Waals surface area (Å²) in [5.41, 5.74) is 0. The van der Waals surface area contributed by atoms with Gasteiger partial charge in [-0.1, -0.05) is 0 Å². The SMILES string of the molecule is N#CN1CC(F)(F)C(F)(F)C1. The van der Waals surface area contributed by atoms with E-state index in [0.29, 0.717) is 4.90 Å². The third-order valence-corrected chi connectivity index (χ3v) is 1.46. The largest absolute Gasteiger partial charge is 0.329 e. The van der Waals surface area contributed by atoms with Gasteiger partial charge in [-0.2, -0.15) is 22.8 Å². The number of nitrogens with zero attached hydrogens (tertiary/aromatic N) is 2. The maximum atomic E-state index is 12.2. The Hall–Kier alpha value is -0.990. The number of hydrogen-bond acceptors (Lipinski definition) is 2. The summed E-state index contributed by atoms with van der Waals surface area (Å²) in [4.78, 5) is 0.347. The minimum atomic E-state index is -4.07. The summed E-state index contributed by atoms with van der Waals surface area (Å²) in [5, 5.41) is 8.04. The van der Waals surface area contributed by atoms with Gasteiger partial charge in [0.25, 0.3) is 0 Å². The normalized spacial score (nSPS) is 26.6. The summed E-state index contributed by atoms with van der Waals surface area (Å²) in [7, 11) is 0. The fourth-order valence-corrected chi connectivity index (χ4v) is 0.837. The van der Waals surface area contributed by atoms with Gasteiger partial charge in [-0.3, -0.25) is 4.90 Å². The van der Waals surface area contributed by atoms with Gasteiger partial charge in [0.1, 0.15) is 0 Å². The van der Waals surface area contributed by atoms with Crippen molar-refractivity contribution in [3.63, 3.8) is 0 Å². The molecule has 1 rings (SSSR count). The second kappa shape index (κ2) is 2.00. The number of nitriles is 1. The highest BCUT2D eigenvalue weighted by Crippen LogP contribution is 2.40. The lowest BCUT2D eigenvalue weighted by atomic mass is 10.2. The van der Waals surface area contributed by atoms with Gasteiger partial charge in [0, 0.05) is 0 Å². The van der Waals surface area contributed by atoms with Crippen LogP contribution in [0.5, 0.6) is 0 Å². The summed E-state index contributed by atoms with van der Waals surface area (Å²) in [6.07, 6.45) is 1.25. The van der Waals surface area contributed by atoms with Crippen LogP contribution in [0.2, 0.25) is 0 Å². The quantitative estimate of drug-likeness (QED) is 0.399. The molecule has 0 aliphatic carbocycles. The Bertz CT molecular complexity index is 191. The first kappa shape index (κ1) is 8.11. The van der Waals surface area contributed by atoms with Gasteiger partial charge < -0.3 is 0 Å². The highest BCUT2D eigenvalue weighted by atomic mass is 19.3. The van der Waals surface area contributed by atoms with E-state index in [1.54, 1.807) is 0 Å². The molecule has 0 atom stereocenters. The zero-order chi connectivity index (χ0) is 8.70. The Morgan fingerprint density at radius 1 is 1.09 bits per heavy atom. The fourth-order valence-electron chi connectivity index (χ4n) is 0.837. The monoisotopic (exact) mass is 168 g/mol. The van der Waals surface area contributed by atoms with Crippen LogP contribution in [0.25, 0.3) is 0 Å². The van der Waals surface area contributed by atoms with Crippen molar-refractivity contribution in [1.29, 1.82) is 5.26 Å². The molecule has 0 aromatic rings. The van der Waals surface area contributed by atoms with Crippen LogP contribution >= 0.6 is 0 Å². The third-order valence-electron chi connectivity index (χ3n) is 1.46. The fraction of sp³-hybridized carbons (Fsp3) is 0.800. The molecule has 0 aromatic heterocycles. The molecule has 0 aromatic carbocycles. The highest BCUT2D eigenvalue weighted by molar-refractivity contribution is 5.00. The topological polar surface area (TPSA) is 27.0 Å². The molecule has 0 bridgehead atoms. The van der Waals surface area contributed by atoms with Crippen LogP contribution in [0.15, 0.2) is 0 Å². The van der Waals surface area contributed by atoms with Crippen LogP contribution in [-0.2, 0) is 0 Å². The first-order valence-corrected chi connectivity index (χ1v) is 2.79. The van der Waals surface area contributed by atoms with E-state index in [1.807, 2.05) is 0 Å². The van der Waals surface area contributed by atoms with E-state index >= 15 is 0 Å². The molecule has 0 N–H and O–H groups in total. The standard InChI is InChI=1S/C5H4F4N2/c6-4(7)1-11(3-10)2-5(4,8)9/h1-2H2. The summed E-state index contributed by atoms with van der Waals surface area (Å²) >= 11 is 0. The van der Waals surface area contributed by atoms with E-state index in [2.05, 4.69) is 0 Å². The molecular formula is C5H4F4N2. The Labute approximate surface area is 60.0 Å². The minimum Gasteiger partial charge on any atom is -0.298 e. The third kappa shape index (κ3) is 1.11. The summed E-state index contributed by atoms with van der Waals surface area (Å²) in [6.45, 7) is -2.37. The second-order valence-corrected chi connectivity index (χ2v) is 2.36. The van der Waals surface area contributed by atoms with Gasteiger partial charge in [0.2, 0.25) is 0 Å². The number of rotatable bonds is 0. The molecular weight excluding hydrogens is 164 g/mol.